The van der Waals surface area contributed by atoms with E-state index >= 15 is 0 Å². The molecule has 0 aromatic rings. The molecule has 2 fully saturated rings. The molecule has 8 heteroatoms. The summed E-state index contributed by atoms with van der Waals surface area (Å²) in [5, 5.41) is 0. The van der Waals surface area contributed by atoms with Gasteiger partial charge in [-0.3, -0.25) is 4.79 Å². The van der Waals surface area contributed by atoms with Crippen LogP contribution in [0.4, 0.5) is 0 Å². The van der Waals surface area contributed by atoms with Crippen LogP contribution in [0.15, 0.2) is 11.8 Å². The minimum Gasteiger partial charge on any atom is -0.504 e. The van der Waals surface area contributed by atoms with E-state index in [0.29, 0.717) is 25.9 Å². The van der Waals surface area contributed by atoms with Crippen molar-refractivity contribution in [1.29, 1.82) is 0 Å². The average molecular weight is 375 g/mol. The van der Waals surface area contributed by atoms with Crippen molar-refractivity contribution in [3.8, 4) is 0 Å². The van der Waals surface area contributed by atoms with E-state index in [1.54, 1.807) is 34.1 Å². The first-order chi connectivity index (χ1) is 11.6. The van der Waals surface area contributed by atoms with Crippen molar-refractivity contribution >= 4 is 16.0 Å². The lowest BCUT2D eigenvalue weighted by molar-refractivity contribution is -0.161. The molecule has 2 aliphatic heterocycles. The molecule has 0 aliphatic carbocycles. The third kappa shape index (κ3) is 4.35. The van der Waals surface area contributed by atoms with Gasteiger partial charge in [0.2, 0.25) is 10.0 Å². The molecule has 0 unspecified atom stereocenters. The summed E-state index contributed by atoms with van der Waals surface area (Å²) in [6, 6.07) is 0. The molecule has 0 radical (unpaired) electrons. The third-order valence-electron chi connectivity index (χ3n) is 4.55. The van der Waals surface area contributed by atoms with Crippen LogP contribution in [0, 0.1) is 0 Å². The molecule has 25 heavy (non-hydrogen) atoms. The lowest BCUT2D eigenvalue weighted by Gasteiger charge is -2.40. The van der Waals surface area contributed by atoms with Gasteiger partial charge in [-0.15, -0.1) is 0 Å². The Morgan fingerprint density at radius 2 is 1.76 bits per heavy atom. The largest absolute Gasteiger partial charge is 0.504 e. The smallest absolute Gasteiger partial charge is 0.329 e. The van der Waals surface area contributed by atoms with E-state index in [4.69, 9.17) is 14.2 Å². The molecular weight excluding hydrogens is 346 g/mol. The van der Waals surface area contributed by atoms with Crippen molar-refractivity contribution in [2.24, 2.45) is 0 Å². The lowest BCUT2D eigenvalue weighted by Crippen LogP contribution is -2.58. The van der Waals surface area contributed by atoms with Gasteiger partial charge in [0.15, 0.2) is 4.75 Å². The van der Waals surface area contributed by atoms with E-state index in [1.807, 2.05) is 0 Å². The zero-order valence-electron chi connectivity index (χ0n) is 15.5. The number of carbonyl (C=O) groups is 1. The second kappa shape index (κ2) is 7.63. The summed E-state index contributed by atoms with van der Waals surface area (Å²) in [5.74, 6) is -0.665. The molecule has 0 aromatic heterocycles. The highest BCUT2D eigenvalue weighted by molar-refractivity contribution is 7.91. The van der Waals surface area contributed by atoms with Gasteiger partial charge >= 0.3 is 5.97 Å². The van der Waals surface area contributed by atoms with Crippen molar-refractivity contribution in [1.82, 2.24) is 4.31 Å². The number of carbonyl (C=O) groups excluding carboxylic acids is 1. The van der Waals surface area contributed by atoms with Gasteiger partial charge in [0.1, 0.15) is 5.60 Å². The van der Waals surface area contributed by atoms with Crippen molar-refractivity contribution in [2.75, 3.05) is 33.4 Å². The molecule has 0 atom stereocenters. The number of hydrogen-bond acceptors (Lipinski definition) is 6. The van der Waals surface area contributed by atoms with Crippen LogP contribution in [0.5, 0.6) is 0 Å². The van der Waals surface area contributed by atoms with Crippen molar-refractivity contribution in [3.63, 3.8) is 0 Å². The molecule has 2 saturated heterocycles. The van der Waals surface area contributed by atoms with E-state index in [0.717, 1.165) is 5.57 Å². The number of rotatable bonds is 4. The Morgan fingerprint density at radius 1 is 1.20 bits per heavy atom. The molecule has 7 nitrogen and oxygen atoms in total. The number of sulfonamides is 1. The van der Waals surface area contributed by atoms with Gasteiger partial charge in [-0.25, -0.2) is 12.7 Å². The Morgan fingerprint density at radius 3 is 2.24 bits per heavy atom. The zero-order valence-corrected chi connectivity index (χ0v) is 16.4. The average Bonchev–Trinajstić information content (AvgIpc) is 2.54. The fourth-order valence-electron chi connectivity index (χ4n) is 3.19. The summed E-state index contributed by atoms with van der Waals surface area (Å²) < 4.78 is 42.4. The first-order valence-electron chi connectivity index (χ1n) is 8.64. The van der Waals surface area contributed by atoms with Crippen LogP contribution in [-0.4, -0.2) is 62.5 Å². The number of hydrogen-bond donors (Lipinski definition) is 0. The number of piperidine rings is 1. The van der Waals surface area contributed by atoms with Crippen LogP contribution < -0.4 is 0 Å². The lowest BCUT2D eigenvalue weighted by atomic mass is 9.99. The number of esters is 1. The quantitative estimate of drug-likeness (QED) is 0.551. The van der Waals surface area contributed by atoms with Gasteiger partial charge in [-0.05, 0) is 39.2 Å². The van der Waals surface area contributed by atoms with Gasteiger partial charge < -0.3 is 14.2 Å². The number of ether oxygens (including phenoxy) is 3. The summed E-state index contributed by atoms with van der Waals surface area (Å²) in [5.41, 5.74) is 0.334. The van der Waals surface area contributed by atoms with Gasteiger partial charge in [0, 0.05) is 39.1 Å². The maximum atomic E-state index is 13.4. The van der Waals surface area contributed by atoms with Crippen LogP contribution in [0.25, 0.3) is 0 Å². The van der Waals surface area contributed by atoms with Crippen LogP contribution in [0.2, 0.25) is 0 Å². The predicted molar refractivity (Wildman–Crippen MR) is 93.4 cm³/mol. The molecule has 0 amide bonds. The van der Waals surface area contributed by atoms with Crippen LogP contribution in [0.3, 0.4) is 0 Å². The van der Waals surface area contributed by atoms with E-state index in [9.17, 15) is 13.2 Å². The Labute approximate surface area is 150 Å². The molecule has 144 valence electrons. The number of methoxy groups -OCH3 is 1. The summed E-state index contributed by atoms with van der Waals surface area (Å²) in [6.45, 7) is 6.40. The number of nitrogens with zero attached hydrogens (tertiary/aromatic N) is 1. The van der Waals surface area contributed by atoms with E-state index < -0.39 is 26.3 Å². The summed E-state index contributed by atoms with van der Waals surface area (Å²) in [7, 11) is -2.27. The molecule has 0 saturated carbocycles. The van der Waals surface area contributed by atoms with Crippen molar-refractivity contribution in [2.45, 2.75) is 56.8 Å². The topological polar surface area (TPSA) is 82.1 Å². The summed E-state index contributed by atoms with van der Waals surface area (Å²) in [6.07, 6.45) is 3.13. The molecular formula is C17H29NO6S. The van der Waals surface area contributed by atoms with Crippen LogP contribution in [-0.2, 0) is 29.0 Å². The molecule has 2 rings (SSSR count). The summed E-state index contributed by atoms with van der Waals surface area (Å²) in [4.78, 5) is 12.9. The first-order valence-corrected chi connectivity index (χ1v) is 10.1. The minimum atomic E-state index is -3.85. The fraction of sp³-hybridized carbons (Fsp3) is 0.824. The molecule has 2 heterocycles. The van der Waals surface area contributed by atoms with E-state index in [1.165, 1.54) is 4.31 Å². The predicted octanol–water partition coefficient (Wildman–Crippen LogP) is 1.83. The Balaban J connectivity index is 2.27. The molecule has 2 aliphatic rings. The van der Waals surface area contributed by atoms with Gasteiger partial charge in [-0.1, -0.05) is 0 Å². The molecule has 0 bridgehead atoms. The molecule has 0 aromatic carbocycles. The second-order valence-corrected chi connectivity index (χ2v) is 9.77. The summed E-state index contributed by atoms with van der Waals surface area (Å²) >= 11 is 0. The maximum absolute atomic E-state index is 13.4. The van der Waals surface area contributed by atoms with Crippen molar-refractivity contribution in [3.05, 3.63) is 11.8 Å². The Kier molecular flexibility index (Phi) is 6.17. The maximum Gasteiger partial charge on any atom is 0.329 e. The molecule has 0 spiro atoms. The Bertz CT molecular complexity index is 604. The van der Waals surface area contributed by atoms with Gasteiger partial charge in [0.05, 0.1) is 13.4 Å². The fourth-order valence-corrected chi connectivity index (χ4v) is 5.28. The normalized spacial score (nSPS) is 22.3. The van der Waals surface area contributed by atoms with Gasteiger partial charge in [0.25, 0.3) is 0 Å². The van der Waals surface area contributed by atoms with Crippen molar-refractivity contribution < 1.29 is 27.4 Å². The monoisotopic (exact) mass is 375 g/mol. The van der Waals surface area contributed by atoms with E-state index in [2.05, 4.69) is 0 Å². The van der Waals surface area contributed by atoms with E-state index in [-0.39, 0.29) is 26.1 Å². The Hall–Kier alpha value is -1.12. The first kappa shape index (κ1) is 20.2. The van der Waals surface area contributed by atoms with Crippen LogP contribution in [0.1, 0.15) is 46.5 Å². The standard InChI is InChI=1S/C17H29NO6S/c1-16(2,3)24-15(19)17(7-11-23-12-8-17)25(20,21)18-9-5-14(6-10-18)13-22-4/h13H,5-12H2,1-4H3. The molecule has 0 N–H and O–H groups in total. The highest BCUT2D eigenvalue weighted by Crippen LogP contribution is 2.36. The SMILES string of the molecule is COC=C1CCN(S(=O)(=O)C2(C(=O)OC(C)(C)C)CCOCC2)CC1. The highest BCUT2D eigenvalue weighted by Gasteiger charge is 2.56. The minimum absolute atomic E-state index is 0.127. The highest BCUT2D eigenvalue weighted by atomic mass is 32.2. The van der Waals surface area contributed by atoms with Crippen LogP contribution >= 0.6 is 0 Å². The van der Waals surface area contributed by atoms with Gasteiger partial charge in [-0.2, -0.15) is 0 Å². The second-order valence-electron chi connectivity index (χ2n) is 7.52. The zero-order chi connectivity index (χ0) is 18.7. The third-order valence-corrected chi connectivity index (χ3v) is 7.16.